The summed E-state index contributed by atoms with van der Waals surface area (Å²) in [6.45, 7) is 7.28. The molecule has 0 radical (unpaired) electrons. The summed E-state index contributed by atoms with van der Waals surface area (Å²) in [6, 6.07) is 5.22. The molecule has 0 bridgehead atoms. The molecular weight excluding hydrogens is 298 g/mol. The monoisotopic (exact) mass is 313 g/mol. The summed E-state index contributed by atoms with van der Waals surface area (Å²) in [5.41, 5.74) is 1.16. The molecule has 0 aromatic heterocycles. The second kappa shape index (κ2) is 5.67. The van der Waals surface area contributed by atoms with Gasteiger partial charge in [0.2, 0.25) is 0 Å². The molecule has 98 valence electrons. The fraction of sp³-hybridized carbons (Fsp3) is 0.500. The van der Waals surface area contributed by atoms with Crippen LogP contribution in [-0.2, 0) is 0 Å². The lowest BCUT2D eigenvalue weighted by atomic mass is 10.2. The van der Waals surface area contributed by atoms with Gasteiger partial charge in [-0.2, -0.15) is 0 Å². The first-order valence-electron chi connectivity index (χ1n) is 6.03. The van der Waals surface area contributed by atoms with Crippen LogP contribution in [0.15, 0.2) is 22.7 Å². The van der Waals surface area contributed by atoms with Crippen molar-refractivity contribution in [2.75, 3.05) is 37.6 Å². The second-order valence-corrected chi connectivity index (χ2v) is 5.17. The molecule has 1 fully saturated rings. The van der Waals surface area contributed by atoms with E-state index in [0.29, 0.717) is 4.47 Å². The van der Waals surface area contributed by atoms with E-state index in [-0.39, 0.29) is 10.6 Å². The summed E-state index contributed by atoms with van der Waals surface area (Å²) in [5.74, 6) is 0. The van der Waals surface area contributed by atoms with Gasteiger partial charge in [0.15, 0.2) is 0 Å². The van der Waals surface area contributed by atoms with Gasteiger partial charge < -0.3 is 9.80 Å². The molecule has 18 heavy (non-hydrogen) atoms. The van der Waals surface area contributed by atoms with Gasteiger partial charge in [0, 0.05) is 37.9 Å². The van der Waals surface area contributed by atoms with E-state index in [9.17, 15) is 10.1 Å². The van der Waals surface area contributed by atoms with E-state index in [1.54, 1.807) is 6.07 Å². The van der Waals surface area contributed by atoms with Crippen molar-refractivity contribution in [2.45, 2.75) is 6.92 Å². The van der Waals surface area contributed by atoms with E-state index in [4.69, 9.17) is 0 Å². The first-order valence-corrected chi connectivity index (χ1v) is 6.82. The number of anilines is 1. The molecule has 6 heteroatoms. The molecule has 0 N–H and O–H groups in total. The molecule has 1 saturated heterocycles. The van der Waals surface area contributed by atoms with Crippen LogP contribution in [0.5, 0.6) is 0 Å². The van der Waals surface area contributed by atoms with Crippen LogP contribution < -0.4 is 4.90 Å². The highest BCUT2D eigenvalue weighted by molar-refractivity contribution is 9.10. The number of likely N-dealkylation sites (N-methyl/N-ethyl adjacent to an activating group) is 1. The van der Waals surface area contributed by atoms with Crippen molar-refractivity contribution < 1.29 is 4.92 Å². The fourth-order valence-electron chi connectivity index (χ4n) is 2.16. The van der Waals surface area contributed by atoms with Crippen molar-refractivity contribution in [1.29, 1.82) is 0 Å². The minimum Gasteiger partial charge on any atom is -0.369 e. The standard InChI is InChI=1S/C12H16BrN3O2/c1-2-14-5-7-15(8-6-14)10-3-4-12(16(17)18)11(13)9-10/h3-4,9H,2,5-8H2,1H3. The van der Waals surface area contributed by atoms with E-state index in [2.05, 4.69) is 32.7 Å². The van der Waals surface area contributed by atoms with Gasteiger partial charge in [-0.15, -0.1) is 0 Å². The molecule has 2 rings (SSSR count). The number of hydrogen-bond acceptors (Lipinski definition) is 4. The predicted molar refractivity (Wildman–Crippen MR) is 75.1 cm³/mol. The zero-order valence-electron chi connectivity index (χ0n) is 10.3. The Bertz CT molecular complexity index is 445. The molecule has 1 aliphatic heterocycles. The summed E-state index contributed by atoms with van der Waals surface area (Å²) >= 11 is 3.26. The molecule has 1 aromatic carbocycles. The fourth-order valence-corrected chi connectivity index (χ4v) is 2.67. The third-order valence-corrected chi connectivity index (χ3v) is 3.95. The molecule has 0 saturated carbocycles. The highest BCUT2D eigenvalue weighted by atomic mass is 79.9. The van der Waals surface area contributed by atoms with Gasteiger partial charge in [0.25, 0.3) is 5.69 Å². The minimum atomic E-state index is -0.372. The third-order valence-electron chi connectivity index (χ3n) is 3.31. The van der Waals surface area contributed by atoms with Crippen LogP contribution in [0.1, 0.15) is 6.92 Å². The zero-order chi connectivity index (χ0) is 13.1. The van der Waals surface area contributed by atoms with E-state index < -0.39 is 0 Å². The Kier molecular flexibility index (Phi) is 4.19. The number of rotatable bonds is 3. The average molecular weight is 314 g/mol. The van der Waals surface area contributed by atoms with Crippen molar-refractivity contribution in [3.63, 3.8) is 0 Å². The molecule has 0 amide bonds. The Morgan fingerprint density at radius 2 is 2.00 bits per heavy atom. The molecule has 1 aliphatic rings. The third kappa shape index (κ3) is 2.81. The second-order valence-electron chi connectivity index (χ2n) is 4.31. The van der Waals surface area contributed by atoms with E-state index >= 15 is 0 Å². The Balaban J connectivity index is 2.11. The van der Waals surface area contributed by atoms with Crippen LogP contribution in [0, 0.1) is 10.1 Å². The summed E-state index contributed by atoms with van der Waals surface area (Å²) < 4.78 is 0.544. The smallest absolute Gasteiger partial charge is 0.283 e. The normalized spacial score (nSPS) is 16.9. The summed E-state index contributed by atoms with van der Waals surface area (Å²) in [5, 5.41) is 10.7. The van der Waals surface area contributed by atoms with Crippen LogP contribution in [0.3, 0.4) is 0 Å². The molecule has 0 atom stereocenters. The molecule has 0 aliphatic carbocycles. The van der Waals surface area contributed by atoms with Gasteiger partial charge in [-0.05, 0) is 34.6 Å². The Morgan fingerprint density at radius 1 is 1.33 bits per heavy atom. The number of halogens is 1. The maximum absolute atomic E-state index is 10.7. The lowest BCUT2D eigenvalue weighted by Crippen LogP contribution is -2.46. The van der Waals surface area contributed by atoms with Gasteiger partial charge in [0.05, 0.1) is 9.40 Å². The maximum atomic E-state index is 10.7. The Labute approximate surface area is 115 Å². The average Bonchev–Trinajstić information content (AvgIpc) is 2.38. The summed E-state index contributed by atoms with van der Waals surface area (Å²) in [6.07, 6.45) is 0. The van der Waals surface area contributed by atoms with Crippen molar-refractivity contribution in [3.05, 3.63) is 32.8 Å². The number of nitrogens with zero attached hydrogens (tertiary/aromatic N) is 3. The highest BCUT2D eigenvalue weighted by Gasteiger charge is 2.18. The van der Waals surface area contributed by atoms with E-state index in [1.165, 1.54) is 0 Å². The molecule has 0 spiro atoms. The van der Waals surface area contributed by atoms with Crippen LogP contribution >= 0.6 is 15.9 Å². The van der Waals surface area contributed by atoms with Gasteiger partial charge in [-0.1, -0.05) is 6.92 Å². The van der Waals surface area contributed by atoms with Gasteiger partial charge in [0.1, 0.15) is 0 Å². The van der Waals surface area contributed by atoms with E-state index in [0.717, 1.165) is 38.4 Å². The molecule has 0 unspecified atom stereocenters. The zero-order valence-corrected chi connectivity index (χ0v) is 11.9. The number of piperazine rings is 1. The van der Waals surface area contributed by atoms with Gasteiger partial charge in [-0.25, -0.2) is 0 Å². The SMILES string of the molecule is CCN1CCN(c2ccc([N+](=O)[O-])c(Br)c2)CC1. The molecule has 1 aromatic rings. The number of nitro benzene ring substituents is 1. The number of hydrogen-bond donors (Lipinski definition) is 0. The Morgan fingerprint density at radius 3 is 2.50 bits per heavy atom. The highest BCUT2D eigenvalue weighted by Crippen LogP contribution is 2.29. The van der Waals surface area contributed by atoms with Crippen LogP contribution in [0.25, 0.3) is 0 Å². The minimum absolute atomic E-state index is 0.117. The first-order chi connectivity index (χ1) is 8.61. The van der Waals surface area contributed by atoms with Gasteiger partial charge >= 0.3 is 0 Å². The van der Waals surface area contributed by atoms with Crippen molar-refractivity contribution in [1.82, 2.24) is 4.90 Å². The van der Waals surface area contributed by atoms with Crippen molar-refractivity contribution in [3.8, 4) is 0 Å². The van der Waals surface area contributed by atoms with Crippen LogP contribution in [-0.4, -0.2) is 42.5 Å². The van der Waals surface area contributed by atoms with Crippen molar-refractivity contribution in [2.24, 2.45) is 0 Å². The molecular formula is C12H16BrN3O2. The molecule has 5 nitrogen and oxygen atoms in total. The lowest BCUT2D eigenvalue weighted by Gasteiger charge is -2.35. The number of benzene rings is 1. The topological polar surface area (TPSA) is 49.6 Å². The van der Waals surface area contributed by atoms with Crippen LogP contribution in [0.4, 0.5) is 11.4 Å². The predicted octanol–water partition coefficient (Wildman–Crippen LogP) is 2.50. The lowest BCUT2D eigenvalue weighted by molar-refractivity contribution is -0.385. The summed E-state index contributed by atoms with van der Waals surface area (Å²) in [4.78, 5) is 15.0. The van der Waals surface area contributed by atoms with Gasteiger partial charge in [-0.3, -0.25) is 10.1 Å². The first kappa shape index (κ1) is 13.3. The maximum Gasteiger partial charge on any atom is 0.283 e. The van der Waals surface area contributed by atoms with E-state index in [1.807, 2.05) is 12.1 Å². The van der Waals surface area contributed by atoms with Crippen LogP contribution in [0.2, 0.25) is 0 Å². The Hall–Kier alpha value is -1.14. The summed E-state index contributed by atoms with van der Waals surface area (Å²) in [7, 11) is 0. The quantitative estimate of drug-likeness (QED) is 0.635. The van der Waals surface area contributed by atoms with Crippen molar-refractivity contribution >= 4 is 27.3 Å². The number of nitro groups is 1. The largest absolute Gasteiger partial charge is 0.369 e. The molecule has 1 heterocycles.